The molecule has 19 N–H and O–H groups in total. The molecular formula is C61H83N15O13. The number of hydrogen-bond donors (Lipinski definition) is 12. The molecule has 0 saturated carbocycles. The quantitative estimate of drug-likeness (QED) is 0.0159. The van der Waals surface area contributed by atoms with Crippen LogP contribution in [0, 0.1) is 0 Å². The van der Waals surface area contributed by atoms with E-state index in [0.29, 0.717) is 22.3 Å². The second kappa shape index (κ2) is 36.1. The van der Waals surface area contributed by atoms with Gasteiger partial charge in [-0.3, -0.25) is 58.1 Å². The summed E-state index contributed by atoms with van der Waals surface area (Å²) < 4.78 is 22.0. The first-order chi connectivity index (χ1) is 42.4. The number of ketones is 4. The molecular weight excluding hydrogens is 1150 g/mol. The maximum absolute atomic E-state index is 14.5. The second-order valence-corrected chi connectivity index (χ2v) is 20.6. The third kappa shape index (κ3) is 23.2. The number of nitrogens with two attached hydrogens (primary N) is 7. The number of Topliss-reactive ketones (excluding diaryl/α,β-unsaturated/α-hetero) is 4. The monoisotopic (exact) mass is 1230 g/mol. The molecule has 4 atom stereocenters. The van der Waals surface area contributed by atoms with Crippen LogP contribution >= 0.6 is 0 Å². The Labute approximate surface area is 516 Å². The van der Waals surface area contributed by atoms with E-state index in [1.165, 1.54) is 77.8 Å². The third-order valence-corrected chi connectivity index (χ3v) is 13.8. The summed E-state index contributed by atoms with van der Waals surface area (Å²) in [6.45, 7) is 3.63. The molecule has 0 spiro atoms. The van der Waals surface area contributed by atoms with Crippen molar-refractivity contribution in [2.24, 2.45) is 55.1 Å². The number of amides is 5. The predicted octanol–water partition coefficient (Wildman–Crippen LogP) is -0.0629. The highest BCUT2D eigenvalue weighted by Crippen LogP contribution is 2.26. The number of carbonyl (C=O) groups excluding carboxylic acids is 9. The fraction of sp³-hybridized carbons (Fsp3) is 0.410. The average molecular weight is 1230 g/mol. The highest BCUT2D eigenvalue weighted by atomic mass is 16.5. The number of methoxy groups -OCH3 is 4. The van der Waals surface area contributed by atoms with Gasteiger partial charge in [-0.05, 0) is 116 Å². The van der Waals surface area contributed by atoms with Gasteiger partial charge in [0.25, 0.3) is 23.6 Å². The van der Waals surface area contributed by atoms with Gasteiger partial charge in [0.05, 0.1) is 74.9 Å². The molecule has 4 aromatic rings. The molecule has 0 radical (unpaired) electrons. The zero-order chi connectivity index (χ0) is 65.7. The van der Waals surface area contributed by atoms with Gasteiger partial charge in [0.15, 0.2) is 41.0 Å². The number of aliphatic imine (C=N–C) groups is 3. The van der Waals surface area contributed by atoms with Crippen molar-refractivity contribution in [2.45, 2.75) is 102 Å². The molecule has 28 heteroatoms. The molecule has 4 rings (SSSR count). The van der Waals surface area contributed by atoms with E-state index in [-0.39, 0.29) is 172 Å². The standard InChI is InChI=1S/C61H83N15O13/c1-34(73-35(2)77)47(78)30-36-13-18-52(87-4)41(27-36)56(83)74-45(11-8-23-71-60(65)66)49(80)32-38-15-20-54(89-6)43(29-38)58(85)76-46(12-9-24-72-61(67)68)50(81)33-39-16-19-53(88-5)42(28-39)57(84)75-44(10-7-22-70-59(63)64)48(79)31-37-14-17-51(86-3)40(26-37)55(82)69-25-21-62/h13-20,26-29,34,44-46H,7-12,21-25,30-33,62H2,1-6H3,(H,69,82)(H,73,77)(H,74,83)(H,75,84)(H,76,85)(H4,63,64,70)(H4,65,66,71)(H4,67,68,72)/t34-,44-,45-,46-/m1/s1. The highest BCUT2D eigenvalue weighted by molar-refractivity contribution is 6.04. The minimum Gasteiger partial charge on any atom is -0.496 e. The molecule has 89 heavy (non-hydrogen) atoms. The lowest BCUT2D eigenvalue weighted by atomic mass is 9.96. The summed E-state index contributed by atoms with van der Waals surface area (Å²) in [5.41, 5.74) is 40.7. The molecule has 0 saturated heterocycles. The minimum atomic E-state index is -1.18. The highest BCUT2D eigenvalue weighted by Gasteiger charge is 2.29. The molecule has 0 aliphatic heterocycles. The molecule has 0 unspecified atom stereocenters. The van der Waals surface area contributed by atoms with Gasteiger partial charge < -0.3 is 85.7 Å². The second-order valence-electron chi connectivity index (χ2n) is 20.6. The van der Waals surface area contributed by atoms with E-state index < -0.39 is 65.1 Å². The van der Waals surface area contributed by atoms with E-state index in [0.717, 1.165) is 0 Å². The first-order valence-electron chi connectivity index (χ1n) is 28.5. The third-order valence-electron chi connectivity index (χ3n) is 13.8. The van der Waals surface area contributed by atoms with Gasteiger partial charge in [-0.25, -0.2) is 0 Å². The first-order valence-corrected chi connectivity index (χ1v) is 28.5. The van der Waals surface area contributed by atoms with E-state index in [2.05, 4.69) is 41.6 Å². The van der Waals surface area contributed by atoms with Crippen molar-refractivity contribution in [3.8, 4) is 23.0 Å². The Morgan fingerprint density at radius 3 is 0.966 bits per heavy atom. The predicted molar refractivity (Wildman–Crippen MR) is 335 cm³/mol. The van der Waals surface area contributed by atoms with Gasteiger partial charge in [-0.1, -0.05) is 24.3 Å². The summed E-state index contributed by atoms with van der Waals surface area (Å²) in [6.07, 6.45) is 0.0827. The summed E-state index contributed by atoms with van der Waals surface area (Å²) in [4.78, 5) is 135. The van der Waals surface area contributed by atoms with Gasteiger partial charge in [-0.2, -0.15) is 0 Å². The number of nitrogens with one attached hydrogen (secondary N) is 5. The molecule has 0 aromatic heterocycles. The van der Waals surface area contributed by atoms with Crippen LogP contribution in [0.1, 0.15) is 116 Å². The molecule has 480 valence electrons. The van der Waals surface area contributed by atoms with Gasteiger partial charge >= 0.3 is 0 Å². The fourth-order valence-corrected chi connectivity index (χ4v) is 9.32. The van der Waals surface area contributed by atoms with E-state index in [9.17, 15) is 43.2 Å². The van der Waals surface area contributed by atoms with Crippen molar-refractivity contribution in [1.29, 1.82) is 0 Å². The van der Waals surface area contributed by atoms with Crippen LogP contribution < -0.4 is 85.7 Å². The molecule has 0 aliphatic rings. The summed E-state index contributed by atoms with van der Waals surface area (Å²) in [7, 11) is 5.45. The fourth-order valence-electron chi connectivity index (χ4n) is 9.32. The van der Waals surface area contributed by atoms with Crippen LogP contribution in [-0.2, 0) is 49.7 Å². The van der Waals surface area contributed by atoms with Gasteiger partial charge in [0.2, 0.25) is 5.91 Å². The van der Waals surface area contributed by atoms with Gasteiger partial charge in [-0.15, -0.1) is 0 Å². The topological polar surface area (TPSA) is 470 Å². The number of benzene rings is 4. The van der Waals surface area contributed by atoms with Crippen LogP contribution in [0.3, 0.4) is 0 Å². The zero-order valence-electron chi connectivity index (χ0n) is 51.0. The van der Waals surface area contributed by atoms with E-state index in [1.54, 1.807) is 37.3 Å². The van der Waals surface area contributed by atoms with Crippen molar-refractivity contribution in [2.75, 3.05) is 61.2 Å². The molecule has 0 bridgehead atoms. The Hall–Kier alpha value is -10.1. The van der Waals surface area contributed by atoms with Crippen molar-refractivity contribution in [3.05, 3.63) is 117 Å². The van der Waals surface area contributed by atoms with Crippen molar-refractivity contribution in [3.63, 3.8) is 0 Å². The first kappa shape index (κ1) is 71.4. The smallest absolute Gasteiger partial charge is 0.255 e. The lowest BCUT2D eigenvalue weighted by Crippen LogP contribution is -2.42. The van der Waals surface area contributed by atoms with Crippen LogP contribution in [0.25, 0.3) is 0 Å². The Bertz CT molecular complexity index is 3270. The molecule has 28 nitrogen and oxygen atoms in total. The summed E-state index contributed by atoms with van der Waals surface area (Å²) in [5.74, 6) is -4.52. The van der Waals surface area contributed by atoms with Crippen LogP contribution in [0.2, 0.25) is 0 Å². The Balaban J connectivity index is 1.62. The van der Waals surface area contributed by atoms with Crippen LogP contribution in [0.5, 0.6) is 23.0 Å². The summed E-state index contributed by atoms with van der Waals surface area (Å²) in [6, 6.07) is 14.1. The van der Waals surface area contributed by atoms with E-state index in [4.69, 9.17) is 59.1 Å². The maximum atomic E-state index is 14.5. The largest absolute Gasteiger partial charge is 0.496 e. The Kier molecular flexibility index (Phi) is 29.0. The number of ether oxygens (including phenoxy) is 4. The SMILES string of the molecule is COc1ccc(CC(=O)[C@@H](CCCN=C(N)N)NC(=O)c2cc(CC(=O)[C@@H](CCCN=C(N)N)NC(=O)c3cc(CC(=O)[C@@H](CCCN=C(N)N)NC(=O)c4cc(CC(=O)[C@@H](C)NC(C)=O)ccc4OC)ccc3OC)ccc2OC)cc1C(=O)NCCN. The number of nitrogens with zero attached hydrogens (tertiary/aromatic N) is 3. The van der Waals surface area contributed by atoms with Gasteiger partial charge in [0, 0.05) is 65.3 Å². The van der Waals surface area contributed by atoms with Crippen LogP contribution in [-0.4, -0.2) is 156 Å². The van der Waals surface area contributed by atoms with Gasteiger partial charge in [0.1, 0.15) is 23.0 Å². The Morgan fingerprint density at radius 2 is 0.708 bits per heavy atom. The Morgan fingerprint density at radius 1 is 0.427 bits per heavy atom. The molecule has 0 aliphatic carbocycles. The lowest BCUT2D eigenvalue weighted by molar-refractivity contribution is -0.126. The van der Waals surface area contributed by atoms with E-state index in [1.807, 2.05) is 0 Å². The van der Waals surface area contributed by atoms with Crippen molar-refractivity contribution < 1.29 is 62.1 Å². The zero-order valence-corrected chi connectivity index (χ0v) is 51.0. The molecule has 4 aromatic carbocycles. The normalized spacial score (nSPS) is 12.0. The lowest BCUT2D eigenvalue weighted by Gasteiger charge is -2.21. The van der Waals surface area contributed by atoms with Crippen molar-refractivity contribution >= 4 is 70.5 Å². The molecule has 0 fully saturated rings. The minimum absolute atomic E-state index is 0.0175. The summed E-state index contributed by atoms with van der Waals surface area (Å²) in [5, 5.41) is 13.7. The number of guanidine groups is 3. The average Bonchev–Trinajstić information content (AvgIpc) is 3.15. The number of rotatable bonds is 38. The number of carbonyl (C=O) groups is 9. The molecule has 0 heterocycles. The van der Waals surface area contributed by atoms with Crippen LogP contribution in [0.4, 0.5) is 0 Å². The van der Waals surface area contributed by atoms with E-state index >= 15 is 0 Å². The van der Waals surface area contributed by atoms with Crippen molar-refractivity contribution in [1.82, 2.24) is 26.6 Å². The number of hydrogen-bond acceptors (Lipinski definition) is 17. The maximum Gasteiger partial charge on any atom is 0.255 e. The summed E-state index contributed by atoms with van der Waals surface area (Å²) >= 11 is 0. The van der Waals surface area contributed by atoms with Crippen LogP contribution in [0.15, 0.2) is 87.8 Å². The molecule has 5 amide bonds.